The molecule has 0 unspecified atom stereocenters. The molecule has 7 heteroatoms. The lowest BCUT2D eigenvalue weighted by Crippen LogP contribution is -2.22. The Morgan fingerprint density at radius 3 is 2.76 bits per heavy atom. The molecule has 0 saturated heterocycles. The molecule has 5 nitrogen and oxygen atoms in total. The Bertz CT molecular complexity index is 927. The summed E-state index contributed by atoms with van der Waals surface area (Å²) < 4.78 is 1.91. The van der Waals surface area contributed by atoms with Crippen LogP contribution in [0.1, 0.15) is 49.3 Å². The number of aromatic hydroxyl groups is 1. The van der Waals surface area contributed by atoms with Crippen molar-refractivity contribution in [3.63, 3.8) is 0 Å². The highest BCUT2D eigenvalue weighted by Crippen LogP contribution is 2.31. The highest BCUT2D eigenvalue weighted by atomic mass is 35.5. The van der Waals surface area contributed by atoms with E-state index in [1.165, 1.54) is 12.6 Å². The van der Waals surface area contributed by atoms with Crippen molar-refractivity contribution in [2.24, 2.45) is 4.99 Å². The Kier molecular flexibility index (Phi) is 5.39. The van der Waals surface area contributed by atoms with Gasteiger partial charge in [0.1, 0.15) is 5.56 Å². The minimum Gasteiger partial charge on any atom is -0.494 e. The molecule has 0 radical (unpaired) electrons. The van der Waals surface area contributed by atoms with Crippen LogP contribution in [0.4, 0.5) is 5.69 Å². The molecule has 1 fully saturated rings. The number of benzene rings is 1. The van der Waals surface area contributed by atoms with Gasteiger partial charge in [0.05, 0.1) is 5.69 Å². The molecule has 1 aliphatic carbocycles. The molecule has 0 amide bonds. The maximum atomic E-state index is 12.2. The van der Waals surface area contributed by atoms with E-state index in [1.54, 1.807) is 16.7 Å². The van der Waals surface area contributed by atoms with E-state index in [-0.39, 0.29) is 22.3 Å². The number of aromatic nitrogens is 2. The summed E-state index contributed by atoms with van der Waals surface area (Å²) in [6, 6.07) is 5.49. The maximum Gasteiger partial charge on any atom is 0.264 e. The van der Waals surface area contributed by atoms with Crippen molar-refractivity contribution in [2.75, 3.05) is 0 Å². The van der Waals surface area contributed by atoms with Crippen LogP contribution in [0, 0.1) is 11.7 Å². The predicted molar refractivity (Wildman–Crippen MR) is 103 cm³/mol. The van der Waals surface area contributed by atoms with Crippen molar-refractivity contribution < 1.29 is 5.11 Å². The quantitative estimate of drug-likeness (QED) is 0.594. The monoisotopic (exact) mass is 377 g/mol. The van der Waals surface area contributed by atoms with Crippen molar-refractivity contribution in [3.05, 3.63) is 49.5 Å². The average Bonchev–Trinajstić information content (AvgIpc) is 2.58. The van der Waals surface area contributed by atoms with E-state index >= 15 is 0 Å². The molecule has 0 aliphatic heterocycles. The Labute approximate surface area is 156 Å². The lowest BCUT2D eigenvalue weighted by molar-refractivity contribution is 0.303. The summed E-state index contributed by atoms with van der Waals surface area (Å²) in [5.41, 5.74) is 1.22. The van der Waals surface area contributed by atoms with Gasteiger partial charge >= 0.3 is 0 Å². The van der Waals surface area contributed by atoms with Gasteiger partial charge in [-0.15, -0.1) is 0 Å². The highest BCUT2D eigenvalue weighted by molar-refractivity contribution is 7.71. The molecular formula is C18H20ClN3O2S. The maximum absolute atomic E-state index is 12.2. The molecule has 1 heterocycles. The Balaban J connectivity index is 2.00. The first-order valence-corrected chi connectivity index (χ1v) is 9.14. The molecule has 1 aromatic heterocycles. The van der Waals surface area contributed by atoms with Crippen LogP contribution in [0.15, 0.2) is 28.0 Å². The first kappa shape index (κ1) is 17.9. The Morgan fingerprint density at radius 2 is 2.08 bits per heavy atom. The normalized spacial score (nSPS) is 15.8. The van der Waals surface area contributed by atoms with Crippen LogP contribution in [0.2, 0.25) is 5.02 Å². The summed E-state index contributed by atoms with van der Waals surface area (Å²) in [5.74, 6) is -0.123. The van der Waals surface area contributed by atoms with Crippen molar-refractivity contribution in [1.29, 1.82) is 0 Å². The van der Waals surface area contributed by atoms with Crippen molar-refractivity contribution in [3.8, 4) is 5.88 Å². The molecule has 0 atom stereocenters. The molecule has 132 valence electrons. The van der Waals surface area contributed by atoms with Crippen LogP contribution in [0.3, 0.4) is 0 Å². The van der Waals surface area contributed by atoms with E-state index in [0.717, 1.165) is 31.2 Å². The number of nitrogens with zero attached hydrogens (tertiary/aromatic N) is 2. The fraction of sp³-hybridized carbons (Fsp3) is 0.389. The second kappa shape index (κ2) is 7.54. The van der Waals surface area contributed by atoms with Gasteiger partial charge in [0.2, 0.25) is 5.88 Å². The lowest BCUT2D eigenvalue weighted by Gasteiger charge is -2.25. The number of aliphatic imine (C=N–C) groups is 1. The number of hydrogen-bond donors (Lipinski definition) is 2. The Morgan fingerprint density at radius 1 is 1.36 bits per heavy atom. The zero-order valence-electron chi connectivity index (χ0n) is 14.0. The van der Waals surface area contributed by atoms with Crippen molar-refractivity contribution in [2.45, 2.75) is 45.1 Å². The van der Waals surface area contributed by atoms with Crippen molar-refractivity contribution in [1.82, 2.24) is 9.55 Å². The van der Waals surface area contributed by atoms with E-state index in [4.69, 9.17) is 23.8 Å². The van der Waals surface area contributed by atoms with Crippen molar-refractivity contribution >= 4 is 35.7 Å². The lowest BCUT2D eigenvalue weighted by atomic mass is 9.95. The molecule has 0 bridgehead atoms. The largest absolute Gasteiger partial charge is 0.494 e. The Hall–Kier alpha value is -1.92. The SMILES string of the molecule is Cc1ccc(N=Cc2c(O)n(C3CCCCC3)c(=S)[nH]c2=O)cc1Cl. The van der Waals surface area contributed by atoms with E-state index < -0.39 is 5.56 Å². The van der Waals surface area contributed by atoms with E-state index in [1.807, 2.05) is 13.0 Å². The van der Waals surface area contributed by atoms with Gasteiger partial charge in [-0.2, -0.15) is 0 Å². The van der Waals surface area contributed by atoms with Crippen LogP contribution >= 0.6 is 23.8 Å². The smallest absolute Gasteiger partial charge is 0.264 e. The number of halogens is 1. The summed E-state index contributed by atoms with van der Waals surface area (Å²) in [5, 5.41) is 11.2. The number of hydrogen-bond acceptors (Lipinski definition) is 4. The summed E-state index contributed by atoms with van der Waals surface area (Å²) in [6.07, 6.45) is 6.63. The van der Waals surface area contributed by atoms with E-state index in [9.17, 15) is 9.90 Å². The van der Waals surface area contributed by atoms with Gasteiger partial charge in [-0.05, 0) is 49.7 Å². The molecule has 2 N–H and O–H groups in total. The summed E-state index contributed by atoms with van der Waals surface area (Å²) in [7, 11) is 0. The molecule has 1 aromatic carbocycles. The fourth-order valence-electron chi connectivity index (χ4n) is 3.15. The van der Waals surface area contributed by atoms with Gasteiger partial charge in [0, 0.05) is 17.3 Å². The summed E-state index contributed by atoms with van der Waals surface area (Å²) >= 11 is 11.4. The molecule has 0 spiro atoms. The number of rotatable bonds is 3. The van der Waals surface area contributed by atoms with E-state index in [0.29, 0.717) is 10.7 Å². The average molecular weight is 378 g/mol. The first-order valence-electron chi connectivity index (χ1n) is 8.35. The molecule has 1 aliphatic rings. The standard InChI is InChI=1S/C18H20ClN3O2S/c1-11-7-8-12(9-15(11)19)20-10-14-16(23)21-18(25)22(17(14)24)13-5-3-2-4-6-13/h7-10,13,24H,2-6H2,1H3,(H,21,23,25). The minimum atomic E-state index is -0.448. The summed E-state index contributed by atoms with van der Waals surface area (Å²) in [4.78, 5) is 19.2. The number of H-pyrrole nitrogens is 1. The summed E-state index contributed by atoms with van der Waals surface area (Å²) in [6.45, 7) is 1.90. The molecule has 25 heavy (non-hydrogen) atoms. The zero-order chi connectivity index (χ0) is 18.0. The van der Waals surface area contributed by atoms with Crippen LogP contribution in [0.5, 0.6) is 5.88 Å². The number of nitrogens with one attached hydrogen (secondary N) is 1. The van der Waals surface area contributed by atoms with Crippen LogP contribution in [-0.2, 0) is 0 Å². The van der Waals surface area contributed by atoms with Crippen LogP contribution < -0.4 is 5.56 Å². The van der Waals surface area contributed by atoms with Gasteiger partial charge in [-0.3, -0.25) is 19.3 Å². The number of aromatic amines is 1. The van der Waals surface area contributed by atoms with Gasteiger partial charge < -0.3 is 5.11 Å². The number of aryl methyl sites for hydroxylation is 1. The van der Waals surface area contributed by atoms with Crippen LogP contribution in [0.25, 0.3) is 0 Å². The predicted octanol–water partition coefficient (Wildman–Crippen LogP) is 4.83. The first-order chi connectivity index (χ1) is 12.0. The van der Waals surface area contributed by atoms with Gasteiger partial charge in [-0.1, -0.05) is 36.9 Å². The minimum absolute atomic E-state index is 0.107. The second-order valence-electron chi connectivity index (χ2n) is 6.35. The van der Waals surface area contributed by atoms with Crippen LogP contribution in [-0.4, -0.2) is 20.9 Å². The molecule has 1 saturated carbocycles. The zero-order valence-corrected chi connectivity index (χ0v) is 15.5. The fourth-order valence-corrected chi connectivity index (χ4v) is 3.65. The highest BCUT2D eigenvalue weighted by Gasteiger charge is 2.21. The van der Waals surface area contributed by atoms with E-state index in [2.05, 4.69) is 9.98 Å². The third kappa shape index (κ3) is 3.85. The molecular weight excluding hydrogens is 358 g/mol. The molecule has 2 aromatic rings. The van der Waals surface area contributed by atoms with Gasteiger partial charge in [0.15, 0.2) is 4.77 Å². The van der Waals surface area contributed by atoms with Gasteiger partial charge in [0.25, 0.3) is 5.56 Å². The third-order valence-electron chi connectivity index (χ3n) is 4.59. The second-order valence-corrected chi connectivity index (χ2v) is 7.14. The third-order valence-corrected chi connectivity index (χ3v) is 5.30. The van der Waals surface area contributed by atoms with Gasteiger partial charge in [-0.25, -0.2) is 0 Å². The topological polar surface area (TPSA) is 70.4 Å². The molecule has 3 rings (SSSR count).